The number of aliphatic imine (C=N–C) groups is 1. The average Bonchev–Trinajstić information content (AvgIpc) is 2.84. The van der Waals surface area contributed by atoms with E-state index in [1.165, 1.54) is 0 Å². The molecule has 0 spiro atoms. The number of carbonyl (C=O) groups is 1. The van der Waals surface area contributed by atoms with E-state index in [-0.39, 0.29) is 19.1 Å². The quantitative estimate of drug-likeness (QED) is 0.488. The van der Waals surface area contributed by atoms with Crippen molar-refractivity contribution >= 4 is 23.6 Å². The monoisotopic (exact) mass is 452 g/mol. The maximum Gasteiger partial charge on any atom is 0.222 e. The molecule has 1 amide bonds. The Labute approximate surface area is 194 Å². The molecule has 33 heavy (non-hydrogen) atoms. The van der Waals surface area contributed by atoms with Crippen LogP contribution in [0.5, 0.6) is 0 Å². The van der Waals surface area contributed by atoms with Crippen molar-refractivity contribution in [2.75, 3.05) is 38.1 Å². The summed E-state index contributed by atoms with van der Waals surface area (Å²) in [6.07, 6.45) is 2.76. The van der Waals surface area contributed by atoms with Gasteiger partial charge < -0.3 is 30.4 Å². The second-order valence-corrected chi connectivity index (χ2v) is 8.81. The molecule has 0 aromatic heterocycles. The Morgan fingerprint density at radius 3 is 2.64 bits per heavy atom. The summed E-state index contributed by atoms with van der Waals surface area (Å²) in [4.78, 5) is 20.5. The summed E-state index contributed by atoms with van der Waals surface area (Å²) in [6.45, 7) is 1.72. The fourth-order valence-corrected chi connectivity index (χ4v) is 4.41. The molecule has 2 aromatic carbocycles. The molecule has 4 rings (SSSR count). The summed E-state index contributed by atoms with van der Waals surface area (Å²) in [6, 6.07) is 15.4. The summed E-state index contributed by atoms with van der Waals surface area (Å²) in [5, 5.41) is 34.0. The number of hydrogen-bond donors (Lipinski definition) is 4. The number of hydrogen-bond acceptors (Lipinski definition) is 7. The van der Waals surface area contributed by atoms with Crippen LogP contribution in [0.3, 0.4) is 0 Å². The van der Waals surface area contributed by atoms with Crippen molar-refractivity contribution in [1.29, 1.82) is 0 Å². The molecule has 0 aliphatic carbocycles. The standard InChI is InChI=1S/C25H32N4O4/c30-15-12-26-20-7-8-21-22(16-20)27-18-29(24(21)32)17-25(33)10-13-28(14-11-25)23(31)9-6-19-4-2-1-3-5-19/h1-5,7-8,16,18,24,26,30,32-33H,6,9-15,17H2. The van der Waals surface area contributed by atoms with E-state index in [9.17, 15) is 15.0 Å². The van der Waals surface area contributed by atoms with Crippen LogP contribution in [0, 0.1) is 0 Å². The highest BCUT2D eigenvalue weighted by Crippen LogP contribution is 2.35. The van der Waals surface area contributed by atoms with Crippen molar-refractivity contribution in [2.45, 2.75) is 37.5 Å². The lowest BCUT2D eigenvalue weighted by Crippen LogP contribution is -2.52. The van der Waals surface area contributed by atoms with Crippen molar-refractivity contribution in [3.8, 4) is 0 Å². The Hall–Kier alpha value is -2.94. The van der Waals surface area contributed by atoms with Crippen LogP contribution in [-0.2, 0) is 11.2 Å². The summed E-state index contributed by atoms with van der Waals surface area (Å²) in [5.74, 6) is 0.111. The van der Waals surface area contributed by atoms with E-state index in [1.807, 2.05) is 47.4 Å². The molecular formula is C25H32N4O4. The maximum absolute atomic E-state index is 12.6. The number of aliphatic hydroxyl groups excluding tert-OH is 2. The fraction of sp³-hybridized carbons (Fsp3) is 0.440. The highest BCUT2D eigenvalue weighted by molar-refractivity contribution is 5.76. The molecule has 1 atom stereocenters. The predicted octanol–water partition coefficient (Wildman–Crippen LogP) is 2.04. The molecule has 2 aromatic rings. The van der Waals surface area contributed by atoms with Crippen LogP contribution < -0.4 is 5.32 Å². The number of aliphatic hydroxyl groups is 3. The number of likely N-dealkylation sites (tertiary alicyclic amines) is 1. The van der Waals surface area contributed by atoms with Crippen LogP contribution in [0.4, 0.5) is 11.4 Å². The lowest BCUT2D eigenvalue weighted by atomic mass is 9.90. The van der Waals surface area contributed by atoms with Crippen LogP contribution in [0.1, 0.15) is 36.6 Å². The molecule has 0 radical (unpaired) electrons. The van der Waals surface area contributed by atoms with Crippen molar-refractivity contribution < 1.29 is 20.1 Å². The molecule has 1 unspecified atom stereocenters. The minimum atomic E-state index is -0.997. The molecule has 1 saturated heterocycles. The minimum Gasteiger partial charge on any atom is -0.395 e. The minimum absolute atomic E-state index is 0.0331. The number of piperidine rings is 1. The number of nitrogens with zero attached hydrogens (tertiary/aromatic N) is 3. The van der Waals surface area contributed by atoms with Crippen molar-refractivity contribution in [1.82, 2.24) is 9.80 Å². The number of rotatable bonds is 8. The SMILES string of the molecule is O=C(CCc1ccccc1)N1CCC(O)(CN2C=Nc3cc(NCCO)ccc3C2O)CC1. The summed E-state index contributed by atoms with van der Waals surface area (Å²) >= 11 is 0. The number of amides is 1. The maximum atomic E-state index is 12.6. The Morgan fingerprint density at radius 2 is 1.91 bits per heavy atom. The third-order valence-corrected chi connectivity index (χ3v) is 6.40. The van der Waals surface area contributed by atoms with Crippen LogP contribution >= 0.6 is 0 Å². The molecule has 176 valence electrons. The van der Waals surface area contributed by atoms with Crippen LogP contribution in [-0.4, -0.2) is 75.8 Å². The smallest absolute Gasteiger partial charge is 0.222 e. The van der Waals surface area contributed by atoms with Gasteiger partial charge in [-0.3, -0.25) is 4.79 Å². The summed E-state index contributed by atoms with van der Waals surface area (Å²) in [7, 11) is 0. The zero-order valence-corrected chi connectivity index (χ0v) is 18.7. The zero-order valence-electron chi connectivity index (χ0n) is 18.7. The van der Waals surface area contributed by atoms with E-state index in [0.29, 0.717) is 56.6 Å². The van der Waals surface area contributed by atoms with Gasteiger partial charge in [-0.05, 0) is 37.0 Å². The number of fused-ring (bicyclic) bond motifs is 1. The van der Waals surface area contributed by atoms with Crippen LogP contribution in [0.2, 0.25) is 0 Å². The molecule has 2 aliphatic heterocycles. The van der Waals surface area contributed by atoms with Crippen molar-refractivity contribution in [3.05, 3.63) is 59.7 Å². The molecule has 8 heteroatoms. The highest BCUT2D eigenvalue weighted by atomic mass is 16.3. The van der Waals surface area contributed by atoms with Gasteiger partial charge >= 0.3 is 0 Å². The largest absolute Gasteiger partial charge is 0.395 e. The fourth-order valence-electron chi connectivity index (χ4n) is 4.41. The van der Waals surface area contributed by atoms with Gasteiger partial charge in [0.2, 0.25) is 5.91 Å². The number of benzene rings is 2. The molecule has 0 saturated carbocycles. The van der Waals surface area contributed by atoms with Gasteiger partial charge in [0, 0.05) is 37.3 Å². The summed E-state index contributed by atoms with van der Waals surface area (Å²) in [5.41, 5.74) is 2.30. The van der Waals surface area contributed by atoms with E-state index >= 15 is 0 Å². The highest BCUT2D eigenvalue weighted by Gasteiger charge is 2.37. The zero-order chi connectivity index (χ0) is 23.3. The molecule has 4 N–H and O–H groups in total. The first-order valence-corrected chi connectivity index (χ1v) is 11.5. The Bertz CT molecular complexity index is 974. The van der Waals surface area contributed by atoms with Crippen molar-refractivity contribution in [2.24, 2.45) is 4.99 Å². The predicted molar refractivity (Wildman–Crippen MR) is 127 cm³/mol. The second-order valence-electron chi connectivity index (χ2n) is 8.81. The molecule has 1 fully saturated rings. The van der Waals surface area contributed by atoms with Gasteiger partial charge in [0.05, 0.1) is 30.8 Å². The number of nitrogens with one attached hydrogen (secondary N) is 1. The van der Waals surface area contributed by atoms with E-state index in [2.05, 4.69) is 10.3 Å². The normalized spacial score (nSPS) is 19.3. The number of β-amino-alcohol motifs (C(OH)–C–C–N with tert-alkyl or cyclic N) is 1. The Morgan fingerprint density at radius 1 is 1.15 bits per heavy atom. The van der Waals surface area contributed by atoms with Gasteiger partial charge in [0.25, 0.3) is 0 Å². The average molecular weight is 453 g/mol. The van der Waals surface area contributed by atoms with E-state index < -0.39 is 11.8 Å². The Balaban J connectivity index is 1.30. The van der Waals surface area contributed by atoms with Crippen molar-refractivity contribution in [3.63, 3.8) is 0 Å². The van der Waals surface area contributed by atoms with Gasteiger partial charge in [-0.2, -0.15) is 0 Å². The number of anilines is 1. The first-order chi connectivity index (χ1) is 16.0. The number of aryl methyl sites for hydroxylation is 1. The summed E-state index contributed by atoms with van der Waals surface area (Å²) < 4.78 is 0. The molecule has 8 nitrogen and oxygen atoms in total. The first kappa shape index (κ1) is 23.2. The first-order valence-electron chi connectivity index (χ1n) is 11.5. The topological polar surface area (TPSA) is 109 Å². The third kappa shape index (κ3) is 5.71. The third-order valence-electron chi connectivity index (χ3n) is 6.40. The molecule has 0 bridgehead atoms. The number of carbonyl (C=O) groups excluding carboxylic acids is 1. The Kier molecular flexibility index (Phi) is 7.27. The van der Waals surface area contributed by atoms with Gasteiger partial charge in [-0.25, -0.2) is 4.99 Å². The van der Waals surface area contributed by atoms with Gasteiger partial charge in [-0.1, -0.05) is 36.4 Å². The van der Waals surface area contributed by atoms with Gasteiger partial charge in [-0.15, -0.1) is 0 Å². The van der Waals surface area contributed by atoms with Crippen LogP contribution in [0.15, 0.2) is 53.5 Å². The van der Waals surface area contributed by atoms with E-state index in [1.54, 1.807) is 17.3 Å². The van der Waals surface area contributed by atoms with E-state index in [4.69, 9.17) is 5.11 Å². The van der Waals surface area contributed by atoms with Crippen LogP contribution in [0.25, 0.3) is 0 Å². The lowest BCUT2D eigenvalue weighted by molar-refractivity contribution is -0.136. The van der Waals surface area contributed by atoms with Gasteiger partial charge in [0.1, 0.15) is 0 Å². The lowest BCUT2D eigenvalue weighted by Gasteiger charge is -2.42. The van der Waals surface area contributed by atoms with Gasteiger partial charge in [0.15, 0.2) is 6.23 Å². The molecule has 2 aliphatic rings. The van der Waals surface area contributed by atoms with E-state index in [0.717, 1.165) is 11.3 Å². The molecule has 2 heterocycles. The molecular weight excluding hydrogens is 420 g/mol. The second kappa shape index (κ2) is 10.3.